The summed E-state index contributed by atoms with van der Waals surface area (Å²) in [5.74, 6) is 0.990. The molecular formula is C19H23N3O. The number of nitrogens with zero attached hydrogens (tertiary/aromatic N) is 2. The molecule has 0 radical (unpaired) electrons. The van der Waals surface area contributed by atoms with Crippen LogP contribution in [0.1, 0.15) is 30.4 Å². The lowest BCUT2D eigenvalue weighted by atomic mass is 10.1. The van der Waals surface area contributed by atoms with Crippen molar-refractivity contribution in [3.63, 3.8) is 0 Å². The molecule has 23 heavy (non-hydrogen) atoms. The number of hydrogen-bond donors (Lipinski definition) is 1. The van der Waals surface area contributed by atoms with E-state index in [0.717, 1.165) is 30.2 Å². The normalized spacial score (nSPS) is 14.6. The predicted octanol–water partition coefficient (Wildman–Crippen LogP) is 3.56. The van der Waals surface area contributed by atoms with Gasteiger partial charge in [-0.25, -0.2) is 4.98 Å². The van der Waals surface area contributed by atoms with E-state index in [1.807, 2.05) is 43.3 Å². The number of hydrogen-bond acceptors (Lipinski definition) is 3. The average molecular weight is 309 g/mol. The third-order valence-corrected chi connectivity index (χ3v) is 4.16. The number of rotatable bonds is 4. The Bertz CT molecular complexity index is 661. The fourth-order valence-electron chi connectivity index (χ4n) is 2.98. The van der Waals surface area contributed by atoms with Crippen LogP contribution in [0.15, 0.2) is 42.6 Å². The van der Waals surface area contributed by atoms with Gasteiger partial charge in [0.15, 0.2) is 0 Å². The highest BCUT2D eigenvalue weighted by Gasteiger charge is 2.12. The van der Waals surface area contributed by atoms with E-state index < -0.39 is 0 Å². The number of pyridine rings is 1. The van der Waals surface area contributed by atoms with Crippen LogP contribution in [0.4, 0.5) is 11.5 Å². The molecule has 1 aliphatic rings. The highest BCUT2D eigenvalue weighted by atomic mass is 16.1. The molecule has 2 aromatic rings. The number of aryl methyl sites for hydroxylation is 1. The fourth-order valence-corrected chi connectivity index (χ4v) is 2.98. The van der Waals surface area contributed by atoms with Gasteiger partial charge in [-0.1, -0.05) is 29.8 Å². The summed E-state index contributed by atoms with van der Waals surface area (Å²) in [4.78, 5) is 18.9. The second kappa shape index (κ2) is 7.27. The van der Waals surface area contributed by atoms with E-state index in [9.17, 15) is 4.79 Å². The lowest BCUT2D eigenvalue weighted by Crippen LogP contribution is -2.30. The van der Waals surface area contributed by atoms with Crippen molar-refractivity contribution in [2.45, 2.75) is 32.6 Å². The summed E-state index contributed by atoms with van der Waals surface area (Å²) >= 11 is 0. The minimum Gasteiger partial charge on any atom is -0.357 e. The van der Waals surface area contributed by atoms with E-state index in [2.05, 4.69) is 15.2 Å². The van der Waals surface area contributed by atoms with Gasteiger partial charge in [-0.05, 0) is 43.9 Å². The second-order valence-electron chi connectivity index (χ2n) is 6.17. The minimum atomic E-state index is -0.0110. The Morgan fingerprint density at radius 2 is 2.00 bits per heavy atom. The van der Waals surface area contributed by atoms with Gasteiger partial charge in [-0.15, -0.1) is 0 Å². The lowest BCUT2D eigenvalue weighted by Gasteiger charge is -2.27. The Morgan fingerprint density at radius 3 is 2.70 bits per heavy atom. The molecule has 0 spiro atoms. The van der Waals surface area contributed by atoms with E-state index >= 15 is 0 Å². The molecule has 1 amide bonds. The van der Waals surface area contributed by atoms with Gasteiger partial charge in [0.05, 0.1) is 18.3 Å². The molecule has 0 unspecified atom stereocenters. The van der Waals surface area contributed by atoms with Crippen LogP contribution in [0.5, 0.6) is 0 Å². The Balaban J connectivity index is 1.58. The molecule has 0 atom stereocenters. The number of piperidine rings is 1. The maximum absolute atomic E-state index is 12.1. The van der Waals surface area contributed by atoms with Gasteiger partial charge in [-0.3, -0.25) is 4.79 Å². The molecule has 1 fully saturated rings. The van der Waals surface area contributed by atoms with Crippen molar-refractivity contribution in [3.8, 4) is 0 Å². The third kappa shape index (κ3) is 4.31. The summed E-state index contributed by atoms with van der Waals surface area (Å²) in [6.45, 7) is 4.18. The molecule has 4 nitrogen and oxygen atoms in total. The molecule has 1 aromatic heterocycles. The Hall–Kier alpha value is -2.36. The predicted molar refractivity (Wildman–Crippen MR) is 93.8 cm³/mol. The molecule has 2 heterocycles. The maximum Gasteiger partial charge on any atom is 0.228 e. The van der Waals surface area contributed by atoms with Gasteiger partial charge in [0.25, 0.3) is 0 Å². The lowest BCUT2D eigenvalue weighted by molar-refractivity contribution is -0.115. The molecular weight excluding hydrogens is 286 g/mol. The van der Waals surface area contributed by atoms with Crippen LogP contribution in [-0.4, -0.2) is 24.0 Å². The highest BCUT2D eigenvalue weighted by Crippen LogP contribution is 2.19. The summed E-state index contributed by atoms with van der Waals surface area (Å²) in [7, 11) is 0. The SMILES string of the molecule is Cc1cccc(CC(=O)Nc2ccc(N3CCCCC3)nc2)c1. The number of amides is 1. The summed E-state index contributed by atoms with van der Waals surface area (Å²) in [5.41, 5.74) is 2.95. The zero-order valence-corrected chi connectivity index (χ0v) is 13.6. The molecule has 0 aliphatic carbocycles. The Labute approximate surface area is 137 Å². The summed E-state index contributed by atoms with van der Waals surface area (Å²) in [6, 6.07) is 12.0. The molecule has 1 aliphatic heterocycles. The first-order valence-electron chi connectivity index (χ1n) is 8.27. The average Bonchev–Trinajstić information content (AvgIpc) is 2.56. The van der Waals surface area contributed by atoms with Gasteiger partial charge in [0.1, 0.15) is 5.82 Å². The van der Waals surface area contributed by atoms with Crippen LogP contribution in [0, 0.1) is 6.92 Å². The first-order valence-corrected chi connectivity index (χ1v) is 8.27. The van der Waals surface area contributed by atoms with E-state index in [0.29, 0.717) is 6.42 Å². The number of aromatic nitrogens is 1. The van der Waals surface area contributed by atoms with Crippen LogP contribution >= 0.6 is 0 Å². The third-order valence-electron chi connectivity index (χ3n) is 4.16. The van der Waals surface area contributed by atoms with Crippen molar-refractivity contribution in [2.24, 2.45) is 0 Å². The monoisotopic (exact) mass is 309 g/mol. The zero-order chi connectivity index (χ0) is 16.1. The first kappa shape index (κ1) is 15.5. The number of carbonyl (C=O) groups is 1. The van der Waals surface area contributed by atoms with Crippen molar-refractivity contribution in [1.29, 1.82) is 0 Å². The van der Waals surface area contributed by atoms with Gasteiger partial charge >= 0.3 is 0 Å². The number of anilines is 2. The van der Waals surface area contributed by atoms with E-state index in [1.165, 1.54) is 24.8 Å². The number of carbonyl (C=O) groups excluding carboxylic acids is 1. The topological polar surface area (TPSA) is 45.2 Å². The molecule has 0 bridgehead atoms. The maximum atomic E-state index is 12.1. The van der Waals surface area contributed by atoms with Crippen LogP contribution in [0.25, 0.3) is 0 Å². The Morgan fingerprint density at radius 1 is 1.17 bits per heavy atom. The van der Waals surface area contributed by atoms with Crippen molar-refractivity contribution in [2.75, 3.05) is 23.3 Å². The fraction of sp³-hybridized carbons (Fsp3) is 0.368. The number of nitrogens with one attached hydrogen (secondary N) is 1. The number of benzene rings is 1. The molecule has 1 saturated heterocycles. The largest absolute Gasteiger partial charge is 0.357 e. The summed E-state index contributed by atoms with van der Waals surface area (Å²) < 4.78 is 0. The highest BCUT2D eigenvalue weighted by molar-refractivity contribution is 5.92. The minimum absolute atomic E-state index is 0.0110. The van der Waals surface area contributed by atoms with Gasteiger partial charge in [0, 0.05) is 13.1 Å². The van der Waals surface area contributed by atoms with Gasteiger partial charge in [-0.2, -0.15) is 0 Å². The summed E-state index contributed by atoms with van der Waals surface area (Å²) in [6.07, 6.45) is 5.91. The molecule has 3 rings (SSSR count). The van der Waals surface area contributed by atoms with Crippen molar-refractivity contribution in [3.05, 3.63) is 53.7 Å². The Kier molecular flexibility index (Phi) is 4.91. The molecule has 0 saturated carbocycles. The van der Waals surface area contributed by atoms with Crippen molar-refractivity contribution < 1.29 is 4.79 Å². The summed E-state index contributed by atoms with van der Waals surface area (Å²) in [5, 5.41) is 2.92. The molecule has 1 aromatic carbocycles. The van der Waals surface area contributed by atoms with Crippen LogP contribution in [0.2, 0.25) is 0 Å². The van der Waals surface area contributed by atoms with Crippen LogP contribution in [0.3, 0.4) is 0 Å². The van der Waals surface area contributed by atoms with Gasteiger partial charge in [0.2, 0.25) is 5.91 Å². The smallest absolute Gasteiger partial charge is 0.228 e. The quantitative estimate of drug-likeness (QED) is 0.939. The van der Waals surface area contributed by atoms with Crippen LogP contribution in [-0.2, 0) is 11.2 Å². The van der Waals surface area contributed by atoms with Crippen LogP contribution < -0.4 is 10.2 Å². The molecule has 1 N–H and O–H groups in total. The van der Waals surface area contributed by atoms with E-state index in [1.54, 1.807) is 6.20 Å². The van der Waals surface area contributed by atoms with E-state index in [-0.39, 0.29) is 5.91 Å². The molecule has 120 valence electrons. The zero-order valence-electron chi connectivity index (χ0n) is 13.6. The standard InChI is InChI=1S/C19H23N3O/c1-15-6-5-7-16(12-15)13-19(23)21-17-8-9-18(20-14-17)22-10-3-2-4-11-22/h5-9,12,14H,2-4,10-11,13H2,1H3,(H,21,23). The first-order chi connectivity index (χ1) is 11.2. The van der Waals surface area contributed by atoms with Crippen molar-refractivity contribution >= 4 is 17.4 Å². The second-order valence-corrected chi connectivity index (χ2v) is 6.17. The van der Waals surface area contributed by atoms with Gasteiger partial charge < -0.3 is 10.2 Å². The molecule has 4 heteroatoms. The van der Waals surface area contributed by atoms with E-state index in [4.69, 9.17) is 0 Å². The van der Waals surface area contributed by atoms with Crippen molar-refractivity contribution in [1.82, 2.24) is 4.98 Å².